The van der Waals surface area contributed by atoms with Gasteiger partial charge in [-0.25, -0.2) is 0 Å². The number of carbonyl (C=O) groups excluding carboxylic acids is 3. The van der Waals surface area contributed by atoms with Crippen molar-refractivity contribution < 1.29 is 19.1 Å². The van der Waals surface area contributed by atoms with Gasteiger partial charge in [-0.1, -0.05) is 60.7 Å². The molecule has 0 saturated carbocycles. The topological polar surface area (TPSA) is 60.4 Å². The maximum atomic E-state index is 12.4. The molecule has 0 aliphatic carbocycles. The Bertz CT molecular complexity index is 639. The van der Waals surface area contributed by atoms with E-state index in [1.165, 1.54) is 7.11 Å². The largest absolute Gasteiger partial charge is 0.469 e. The molecule has 0 saturated heterocycles. The third-order valence-electron chi connectivity index (χ3n) is 3.82. The molecular weight excluding hydrogens is 304 g/mol. The van der Waals surface area contributed by atoms with E-state index < -0.39 is 5.97 Å². The summed E-state index contributed by atoms with van der Waals surface area (Å²) in [5.41, 5.74) is 1.17. The number of ether oxygens (including phenoxy) is 1. The molecule has 0 aliphatic heterocycles. The van der Waals surface area contributed by atoms with Crippen LogP contribution in [0.2, 0.25) is 0 Å². The van der Waals surface area contributed by atoms with Crippen LogP contribution in [0, 0.1) is 5.92 Å². The summed E-state index contributed by atoms with van der Waals surface area (Å²) in [6, 6.07) is 17.8. The maximum absolute atomic E-state index is 12.4. The number of ketones is 2. The molecule has 0 atom stereocenters. The third kappa shape index (κ3) is 5.16. The average molecular weight is 324 g/mol. The van der Waals surface area contributed by atoms with Crippen molar-refractivity contribution in [3.05, 3.63) is 71.8 Å². The Labute approximate surface area is 141 Å². The second-order valence-corrected chi connectivity index (χ2v) is 5.63. The molecule has 4 nitrogen and oxygen atoms in total. The molecule has 0 heterocycles. The van der Waals surface area contributed by atoms with Crippen LogP contribution in [0.1, 0.15) is 40.0 Å². The van der Waals surface area contributed by atoms with Crippen molar-refractivity contribution in [2.45, 2.75) is 19.3 Å². The minimum Gasteiger partial charge on any atom is -0.469 e. The smallest absolute Gasteiger partial charge is 0.305 e. The number of methoxy groups -OCH3 is 1. The van der Waals surface area contributed by atoms with Gasteiger partial charge in [0.25, 0.3) is 0 Å². The second-order valence-electron chi connectivity index (χ2n) is 5.63. The standard InChI is InChI=1S/C20H20O4/c1-24-20(23)14-15(12-18(21)16-8-4-2-5-9-16)13-19(22)17-10-6-3-7-11-17/h2-11,15H,12-14H2,1H3. The number of benzene rings is 2. The molecule has 124 valence electrons. The normalized spacial score (nSPS) is 10.4. The van der Waals surface area contributed by atoms with Crippen molar-refractivity contribution in [2.75, 3.05) is 7.11 Å². The lowest BCUT2D eigenvalue weighted by molar-refractivity contribution is -0.141. The van der Waals surface area contributed by atoms with Crippen molar-refractivity contribution in [3.8, 4) is 0 Å². The zero-order valence-electron chi connectivity index (χ0n) is 13.6. The van der Waals surface area contributed by atoms with Gasteiger partial charge in [-0.15, -0.1) is 0 Å². The van der Waals surface area contributed by atoms with E-state index in [4.69, 9.17) is 4.74 Å². The Morgan fingerprint density at radius 2 is 1.17 bits per heavy atom. The number of esters is 1. The van der Waals surface area contributed by atoms with E-state index in [2.05, 4.69) is 0 Å². The third-order valence-corrected chi connectivity index (χ3v) is 3.82. The van der Waals surface area contributed by atoms with Gasteiger partial charge >= 0.3 is 5.97 Å². The highest BCUT2D eigenvalue weighted by Gasteiger charge is 2.22. The molecule has 2 aromatic carbocycles. The van der Waals surface area contributed by atoms with Crippen LogP contribution in [0.25, 0.3) is 0 Å². The molecule has 0 bridgehead atoms. The van der Waals surface area contributed by atoms with Crippen LogP contribution in [-0.2, 0) is 9.53 Å². The fraction of sp³-hybridized carbons (Fsp3) is 0.250. The minimum absolute atomic E-state index is 0.0493. The van der Waals surface area contributed by atoms with Crippen LogP contribution in [0.4, 0.5) is 0 Å². The van der Waals surface area contributed by atoms with E-state index in [0.29, 0.717) is 11.1 Å². The molecule has 0 aromatic heterocycles. The lowest BCUT2D eigenvalue weighted by Gasteiger charge is -2.14. The summed E-state index contributed by atoms with van der Waals surface area (Å²) in [5, 5.41) is 0. The molecule has 0 N–H and O–H groups in total. The Hall–Kier alpha value is -2.75. The lowest BCUT2D eigenvalue weighted by Crippen LogP contribution is -2.18. The SMILES string of the molecule is COC(=O)CC(CC(=O)c1ccccc1)CC(=O)c1ccccc1. The van der Waals surface area contributed by atoms with E-state index in [0.717, 1.165) is 0 Å². The molecule has 2 rings (SSSR count). The molecule has 0 fully saturated rings. The van der Waals surface area contributed by atoms with Crippen LogP contribution < -0.4 is 0 Å². The molecule has 0 radical (unpaired) electrons. The van der Waals surface area contributed by atoms with Crippen molar-refractivity contribution in [1.29, 1.82) is 0 Å². The number of hydrogen-bond acceptors (Lipinski definition) is 4. The zero-order valence-corrected chi connectivity index (χ0v) is 13.6. The van der Waals surface area contributed by atoms with Gasteiger partial charge in [0, 0.05) is 30.4 Å². The molecule has 0 amide bonds. The molecule has 0 spiro atoms. The molecular formula is C20H20O4. The van der Waals surface area contributed by atoms with Crippen molar-refractivity contribution in [2.24, 2.45) is 5.92 Å². The first kappa shape index (κ1) is 17.6. The fourth-order valence-corrected chi connectivity index (χ4v) is 2.54. The van der Waals surface area contributed by atoms with E-state index in [9.17, 15) is 14.4 Å². The van der Waals surface area contributed by atoms with Crippen LogP contribution in [0.3, 0.4) is 0 Å². The lowest BCUT2D eigenvalue weighted by atomic mass is 9.89. The van der Waals surface area contributed by atoms with Gasteiger partial charge in [0.15, 0.2) is 11.6 Å². The first-order valence-corrected chi connectivity index (χ1v) is 7.83. The van der Waals surface area contributed by atoms with Gasteiger partial charge < -0.3 is 4.74 Å². The summed E-state index contributed by atoms with van der Waals surface area (Å²) in [4.78, 5) is 36.4. The summed E-state index contributed by atoms with van der Waals surface area (Å²) >= 11 is 0. The first-order valence-electron chi connectivity index (χ1n) is 7.83. The van der Waals surface area contributed by atoms with Crippen LogP contribution >= 0.6 is 0 Å². The Morgan fingerprint density at radius 3 is 1.54 bits per heavy atom. The fourth-order valence-electron chi connectivity index (χ4n) is 2.54. The summed E-state index contributed by atoms with van der Waals surface area (Å²) < 4.78 is 4.69. The molecule has 24 heavy (non-hydrogen) atoms. The quantitative estimate of drug-likeness (QED) is 0.548. The number of rotatable bonds is 8. The predicted molar refractivity (Wildman–Crippen MR) is 90.9 cm³/mol. The van der Waals surface area contributed by atoms with Gasteiger partial charge in [0.2, 0.25) is 0 Å². The van der Waals surface area contributed by atoms with Crippen LogP contribution in [-0.4, -0.2) is 24.6 Å². The molecule has 0 aliphatic rings. The van der Waals surface area contributed by atoms with Crippen molar-refractivity contribution in [3.63, 3.8) is 0 Å². The van der Waals surface area contributed by atoms with Gasteiger partial charge in [-0.2, -0.15) is 0 Å². The summed E-state index contributed by atoms with van der Waals surface area (Å²) in [5.74, 6) is -0.949. The Balaban J connectivity index is 2.08. The predicted octanol–water partition coefficient (Wildman–Crippen LogP) is 3.71. The van der Waals surface area contributed by atoms with Crippen LogP contribution in [0.5, 0.6) is 0 Å². The summed E-state index contributed by atoms with van der Waals surface area (Å²) in [6.07, 6.45) is 0.322. The minimum atomic E-state index is -0.415. The van der Waals surface area contributed by atoms with Crippen molar-refractivity contribution >= 4 is 17.5 Å². The number of carbonyl (C=O) groups is 3. The van der Waals surface area contributed by atoms with E-state index >= 15 is 0 Å². The molecule has 4 heteroatoms. The van der Waals surface area contributed by atoms with E-state index in [-0.39, 0.29) is 36.7 Å². The summed E-state index contributed by atoms with van der Waals surface area (Å²) in [7, 11) is 1.30. The van der Waals surface area contributed by atoms with Gasteiger partial charge in [-0.05, 0) is 5.92 Å². The summed E-state index contributed by atoms with van der Waals surface area (Å²) in [6.45, 7) is 0. The van der Waals surface area contributed by atoms with Gasteiger partial charge in [0.1, 0.15) is 0 Å². The highest BCUT2D eigenvalue weighted by atomic mass is 16.5. The molecule has 0 unspecified atom stereocenters. The molecule has 2 aromatic rings. The zero-order chi connectivity index (χ0) is 17.4. The van der Waals surface area contributed by atoms with E-state index in [1.54, 1.807) is 48.5 Å². The highest BCUT2D eigenvalue weighted by Crippen LogP contribution is 2.20. The van der Waals surface area contributed by atoms with Crippen LogP contribution in [0.15, 0.2) is 60.7 Å². The first-order chi connectivity index (χ1) is 11.6. The highest BCUT2D eigenvalue weighted by molar-refractivity contribution is 5.99. The van der Waals surface area contributed by atoms with Gasteiger partial charge in [-0.3, -0.25) is 14.4 Å². The number of Topliss-reactive ketones (excluding diaryl/α,β-unsaturated/α-hetero) is 2. The van der Waals surface area contributed by atoms with Crippen molar-refractivity contribution in [1.82, 2.24) is 0 Å². The number of hydrogen-bond donors (Lipinski definition) is 0. The van der Waals surface area contributed by atoms with E-state index in [1.807, 2.05) is 12.1 Å². The monoisotopic (exact) mass is 324 g/mol. The Kier molecular flexibility index (Phi) is 6.43. The Morgan fingerprint density at radius 1 is 0.750 bits per heavy atom. The van der Waals surface area contributed by atoms with Gasteiger partial charge in [0.05, 0.1) is 7.11 Å². The maximum Gasteiger partial charge on any atom is 0.305 e. The average Bonchev–Trinajstić information content (AvgIpc) is 2.62. The second kappa shape index (κ2) is 8.77.